The van der Waals surface area contributed by atoms with Crippen LogP contribution in [0.1, 0.15) is 60.8 Å². The molecule has 0 bridgehead atoms. The Balaban J connectivity index is 1.34. The molecule has 2 fully saturated rings. The molecule has 2 aliphatic rings. The number of furan rings is 1. The minimum absolute atomic E-state index is 0.000541. The van der Waals surface area contributed by atoms with Gasteiger partial charge in [-0.15, -0.1) is 0 Å². The molecule has 2 aromatic rings. The summed E-state index contributed by atoms with van der Waals surface area (Å²) in [6.07, 6.45) is 6.25. The molecular weight excluding hydrogens is 348 g/mol. The maximum Gasteiger partial charge on any atom is 0.289 e. The molecule has 144 valence electrons. The maximum absolute atomic E-state index is 12.4. The van der Waals surface area contributed by atoms with Crippen molar-refractivity contribution in [3.63, 3.8) is 0 Å². The van der Waals surface area contributed by atoms with Crippen molar-refractivity contribution in [3.8, 4) is 0 Å². The van der Waals surface area contributed by atoms with E-state index in [4.69, 9.17) is 8.94 Å². The first-order chi connectivity index (χ1) is 13.1. The number of carbonyl (C=O) groups excluding carboxylic acids is 2. The van der Waals surface area contributed by atoms with Crippen LogP contribution >= 0.6 is 0 Å². The Labute approximate surface area is 157 Å². The van der Waals surface area contributed by atoms with E-state index in [2.05, 4.69) is 10.1 Å². The minimum atomic E-state index is -0.130. The molecule has 1 aliphatic carbocycles. The second-order valence-electron chi connectivity index (χ2n) is 7.31. The smallest absolute Gasteiger partial charge is 0.289 e. The lowest BCUT2D eigenvalue weighted by atomic mass is 9.85. The highest BCUT2D eigenvalue weighted by Crippen LogP contribution is 2.35. The highest BCUT2D eigenvalue weighted by Gasteiger charge is 2.33. The Morgan fingerprint density at radius 1 is 1.33 bits per heavy atom. The molecule has 1 saturated heterocycles. The fourth-order valence-corrected chi connectivity index (χ4v) is 3.74. The van der Waals surface area contributed by atoms with Gasteiger partial charge in [-0.1, -0.05) is 11.6 Å². The van der Waals surface area contributed by atoms with Crippen molar-refractivity contribution in [1.29, 1.82) is 0 Å². The van der Waals surface area contributed by atoms with Crippen LogP contribution in [0.4, 0.5) is 0 Å². The molecule has 0 aromatic carbocycles. The highest BCUT2D eigenvalue weighted by molar-refractivity contribution is 5.91. The van der Waals surface area contributed by atoms with Gasteiger partial charge >= 0.3 is 0 Å². The molecule has 0 N–H and O–H groups in total. The van der Waals surface area contributed by atoms with Crippen molar-refractivity contribution in [2.75, 3.05) is 19.6 Å². The van der Waals surface area contributed by atoms with Crippen LogP contribution < -0.4 is 0 Å². The highest BCUT2D eigenvalue weighted by atomic mass is 16.5. The van der Waals surface area contributed by atoms with Gasteiger partial charge in [0.2, 0.25) is 11.8 Å². The van der Waals surface area contributed by atoms with Crippen LogP contribution in [0.25, 0.3) is 0 Å². The van der Waals surface area contributed by atoms with E-state index < -0.39 is 0 Å². The summed E-state index contributed by atoms with van der Waals surface area (Å²) in [6, 6.07) is 3.36. The summed E-state index contributed by atoms with van der Waals surface area (Å²) >= 11 is 0. The van der Waals surface area contributed by atoms with Gasteiger partial charge in [0.1, 0.15) is 0 Å². The molecule has 1 atom stereocenters. The zero-order chi connectivity index (χ0) is 18.8. The fourth-order valence-electron chi connectivity index (χ4n) is 3.74. The average molecular weight is 372 g/mol. The van der Waals surface area contributed by atoms with Crippen molar-refractivity contribution in [1.82, 2.24) is 19.9 Å². The zero-order valence-electron chi connectivity index (χ0n) is 15.5. The van der Waals surface area contributed by atoms with Crippen molar-refractivity contribution in [2.24, 2.45) is 0 Å². The van der Waals surface area contributed by atoms with E-state index in [1.807, 2.05) is 4.90 Å². The quantitative estimate of drug-likeness (QED) is 0.772. The lowest BCUT2D eigenvalue weighted by Gasteiger charge is -2.27. The van der Waals surface area contributed by atoms with Gasteiger partial charge in [0.25, 0.3) is 5.91 Å². The van der Waals surface area contributed by atoms with Gasteiger partial charge in [-0.05, 0) is 31.4 Å². The minimum Gasteiger partial charge on any atom is -0.459 e. The fraction of sp³-hybridized carbons (Fsp3) is 0.579. The molecule has 1 saturated carbocycles. The number of nitrogens with zero attached hydrogens (tertiary/aromatic N) is 4. The summed E-state index contributed by atoms with van der Waals surface area (Å²) in [6.45, 7) is 3.21. The molecule has 4 rings (SSSR count). The Hall–Kier alpha value is -2.64. The van der Waals surface area contributed by atoms with Crippen LogP contribution in [0.2, 0.25) is 0 Å². The number of aromatic nitrogens is 2. The summed E-state index contributed by atoms with van der Waals surface area (Å²) in [7, 11) is 0. The molecule has 27 heavy (non-hydrogen) atoms. The Kier molecular flexibility index (Phi) is 4.96. The van der Waals surface area contributed by atoms with E-state index in [0.717, 1.165) is 25.2 Å². The third-order valence-corrected chi connectivity index (χ3v) is 5.54. The van der Waals surface area contributed by atoms with Crippen molar-refractivity contribution >= 4 is 11.8 Å². The van der Waals surface area contributed by atoms with Gasteiger partial charge in [-0.25, -0.2) is 0 Å². The number of hydrogen-bond donors (Lipinski definition) is 0. The number of hydrogen-bond acceptors (Lipinski definition) is 6. The summed E-state index contributed by atoms with van der Waals surface area (Å²) in [5.41, 5.74) is 0. The number of carbonyl (C=O) groups is 2. The number of likely N-dealkylation sites (tertiary alicyclic amines) is 1. The van der Waals surface area contributed by atoms with Crippen molar-refractivity contribution < 1.29 is 18.5 Å². The second kappa shape index (κ2) is 7.54. The molecule has 0 radical (unpaired) electrons. The Morgan fingerprint density at radius 2 is 2.19 bits per heavy atom. The molecular formula is C19H24N4O4. The first kappa shape index (κ1) is 17.8. The maximum atomic E-state index is 12.4. The van der Waals surface area contributed by atoms with Gasteiger partial charge in [0, 0.05) is 38.9 Å². The van der Waals surface area contributed by atoms with Crippen molar-refractivity contribution in [3.05, 3.63) is 35.9 Å². The predicted octanol–water partition coefficient (Wildman–Crippen LogP) is 2.24. The van der Waals surface area contributed by atoms with E-state index in [1.54, 1.807) is 24.0 Å². The Bertz CT molecular complexity index is 797. The monoisotopic (exact) mass is 372 g/mol. The van der Waals surface area contributed by atoms with Gasteiger partial charge in [0.15, 0.2) is 11.6 Å². The lowest BCUT2D eigenvalue weighted by Crippen LogP contribution is -2.42. The molecule has 1 unspecified atom stereocenters. The van der Waals surface area contributed by atoms with Gasteiger partial charge < -0.3 is 18.7 Å². The van der Waals surface area contributed by atoms with Gasteiger partial charge in [0.05, 0.1) is 12.3 Å². The van der Waals surface area contributed by atoms with Crippen LogP contribution in [-0.4, -0.2) is 57.4 Å². The molecule has 0 spiro atoms. The first-order valence-electron chi connectivity index (χ1n) is 9.54. The molecule has 1 aliphatic heterocycles. The summed E-state index contributed by atoms with van der Waals surface area (Å²) in [5, 5.41) is 4.05. The van der Waals surface area contributed by atoms with Crippen LogP contribution in [0.5, 0.6) is 0 Å². The molecule has 8 nitrogen and oxygen atoms in total. The average Bonchev–Trinajstić information content (AvgIpc) is 3.35. The summed E-state index contributed by atoms with van der Waals surface area (Å²) < 4.78 is 10.5. The largest absolute Gasteiger partial charge is 0.459 e. The summed E-state index contributed by atoms with van der Waals surface area (Å²) in [4.78, 5) is 32.6. The number of rotatable bonds is 6. The molecule has 8 heteroatoms. The van der Waals surface area contributed by atoms with Crippen molar-refractivity contribution in [2.45, 2.75) is 51.0 Å². The topological polar surface area (TPSA) is 92.7 Å². The summed E-state index contributed by atoms with van der Waals surface area (Å²) in [5.74, 6) is 1.97. The van der Waals surface area contributed by atoms with Crippen LogP contribution in [-0.2, 0) is 11.2 Å². The van der Waals surface area contributed by atoms with Gasteiger partial charge in [-0.2, -0.15) is 4.98 Å². The molecule has 2 aromatic heterocycles. The first-order valence-corrected chi connectivity index (χ1v) is 9.54. The van der Waals surface area contributed by atoms with E-state index >= 15 is 0 Å². The lowest BCUT2D eigenvalue weighted by molar-refractivity contribution is -0.130. The zero-order valence-corrected chi connectivity index (χ0v) is 15.5. The predicted molar refractivity (Wildman–Crippen MR) is 95.0 cm³/mol. The molecule has 2 amide bonds. The normalized spacial score (nSPS) is 19.9. The standard InChI is InChI=1S/C19H24N4O4/c1-13(24)23(10-8-17-20-18(27-21-17)14-4-2-5-14)15-7-9-22(12-15)19(25)16-6-3-11-26-16/h3,6,11,14-15H,2,4-5,7-10,12H2,1H3. The van der Waals surface area contributed by atoms with E-state index in [-0.39, 0.29) is 17.9 Å². The SMILES string of the molecule is CC(=O)N(CCc1noc(C2CCC2)n1)C1CCN(C(=O)c2ccco2)C1. The molecule has 3 heterocycles. The van der Waals surface area contributed by atoms with E-state index in [9.17, 15) is 9.59 Å². The van der Waals surface area contributed by atoms with Gasteiger partial charge in [-0.3, -0.25) is 9.59 Å². The number of amides is 2. The third kappa shape index (κ3) is 3.74. The van der Waals surface area contributed by atoms with E-state index in [0.29, 0.717) is 43.6 Å². The third-order valence-electron chi connectivity index (χ3n) is 5.54. The van der Waals surface area contributed by atoms with Crippen LogP contribution in [0.3, 0.4) is 0 Å². The van der Waals surface area contributed by atoms with E-state index in [1.165, 1.54) is 12.7 Å². The second-order valence-corrected chi connectivity index (χ2v) is 7.31. The van der Waals surface area contributed by atoms with Crippen LogP contribution in [0, 0.1) is 0 Å². The van der Waals surface area contributed by atoms with Crippen LogP contribution in [0.15, 0.2) is 27.3 Å². The Morgan fingerprint density at radius 3 is 2.85 bits per heavy atom.